The monoisotopic (exact) mass is 881 g/mol. The fourth-order valence-corrected chi connectivity index (χ4v) is 8.22. The lowest BCUT2D eigenvalue weighted by Gasteiger charge is -2.10. The van der Waals surface area contributed by atoms with Gasteiger partial charge in [-0.05, 0) is 57.1 Å². The predicted octanol–water partition coefficient (Wildman–Crippen LogP) is 19.2. The van der Waals surface area contributed by atoms with Gasteiger partial charge in [0.05, 0.1) is 24.3 Å². The second kappa shape index (κ2) is 52.2. The molecule has 5 heteroatoms. The van der Waals surface area contributed by atoms with E-state index in [1.807, 2.05) is 0 Å². The van der Waals surface area contributed by atoms with Crippen molar-refractivity contribution in [1.82, 2.24) is 0 Å². The van der Waals surface area contributed by atoms with E-state index in [2.05, 4.69) is 32.9 Å². The molecule has 1 rings (SSSR count). The maximum atomic E-state index is 12.7. The molecular formula is C58H104O5. The van der Waals surface area contributed by atoms with Crippen LogP contribution in [0, 0.1) is 0 Å². The molecule has 1 aromatic rings. The molecule has 0 N–H and O–H groups in total. The van der Waals surface area contributed by atoms with Crippen molar-refractivity contribution in [2.75, 3.05) is 13.2 Å². The molecule has 0 bridgehead atoms. The number of unbranched alkanes of at least 4 members (excludes halogenated alkanes) is 38. The van der Waals surface area contributed by atoms with Gasteiger partial charge in [0.1, 0.15) is 6.29 Å². The van der Waals surface area contributed by atoms with Crippen LogP contribution >= 0.6 is 0 Å². The Balaban J connectivity index is 0.00000169. The molecule has 0 unspecified atom stereocenters. The fraction of sp³-hybridized carbons (Fsp3) is 0.810. The van der Waals surface area contributed by atoms with Gasteiger partial charge in [-0.3, -0.25) is 0 Å². The smallest absolute Gasteiger partial charge is 0.339 e. The summed E-state index contributed by atoms with van der Waals surface area (Å²) in [5, 5.41) is 0. The highest BCUT2D eigenvalue weighted by Gasteiger charge is 2.19. The van der Waals surface area contributed by atoms with E-state index in [0.717, 1.165) is 44.8 Å². The molecule has 63 heavy (non-hydrogen) atoms. The van der Waals surface area contributed by atoms with Gasteiger partial charge in [-0.2, -0.15) is 0 Å². The van der Waals surface area contributed by atoms with Crippen molar-refractivity contribution in [1.29, 1.82) is 0 Å². The number of benzene rings is 1. The van der Waals surface area contributed by atoms with E-state index in [1.165, 1.54) is 231 Å². The summed E-state index contributed by atoms with van der Waals surface area (Å²) >= 11 is 0. The van der Waals surface area contributed by atoms with Crippen molar-refractivity contribution in [2.24, 2.45) is 0 Å². The maximum Gasteiger partial charge on any atom is 0.339 e. The first kappa shape index (κ1) is 60.6. The zero-order chi connectivity index (χ0) is 45.8. The molecule has 5 nitrogen and oxygen atoms in total. The lowest BCUT2D eigenvalue weighted by Crippen LogP contribution is -2.15. The van der Waals surface area contributed by atoms with Crippen molar-refractivity contribution in [3.05, 3.63) is 47.5 Å². The van der Waals surface area contributed by atoms with Crippen molar-refractivity contribution in [2.45, 2.75) is 290 Å². The molecule has 0 aliphatic heterocycles. The molecule has 366 valence electrons. The second-order valence-electron chi connectivity index (χ2n) is 18.5. The quantitative estimate of drug-likeness (QED) is 0.0282. The van der Waals surface area contributed by atoms with Crippen LogP contribution in [0.25, 0.3) is 0 Å². The highest BCUT2D eigenvalue weighted by molar-refractivity contribution is 6.03. The summed E-state index contributed by atoms with van der Waals surface area (Å²) in [6, 6.07) is 6.87. The van der Waals surface area contributed by atoms with Crippen LogP contribution in [0.5, 0.6) is 0 Å². The van der Waals surface area contributed by atoms with Gasteiger partial charge in [-0.25, -0.2) is 9.59 Å². The summed E-state index contributed by atoms with van der Waals surface area (Å²) < 4.78 is 11.0. The molecule has 0 atom stereocenters. The molecule has 0 aliphatic rings. The highest BCUT2D eigenvalue weighted by Crippen LogP contribution is 2.17. The summed E-state index contributed by atoms with van der Waals surface area (Å²) in [5.41, 5.74) is 0.618. The van der Waals surface area contributed by atoms with Crippen LogP contribution in [0.3, 0.4) is 0 Å². The third kappa shape index (κ3) is 44.6. The van der Waals surface area contributed by atoms with E-state index in [-0.39, 0.29) is 0 Å². The number of carbonyl (C=O) groups is 3. The Kier molecular flexibility index (Phi) is 50.2. The van der Waals surface area contributed by atoms with Crippen molar-refractivity contribution in [3.8, 4) is 0 Å². The van der Waals surface area contributed by atoms with Gasteiger partial charge < -0.3 is 14.3 Å². The van der Waals surface area contributed by atoms with Crippen LogP contribution < -0.4 is 0 Å². The average Bonchev–Trinajstić information content (AvgIpc) is 3.30. The Hall–Kier alpha value is -2.43. The van der Waals surface area contributed by atoms with Crippen LogP contribution in [-0.4, -0.2) is 31.4 Å². The van der Waals surface area contributed by atoms with Crippen LogP contribution in [0.1, 0.15) is 311 Å². The van der Waals surface area contributed by atoms with Crippen molar-refractivity contribution >= 4 is 18.2 Å². The van der Waals surface area contributed by atoms with Gasteiger partial charge in [0.15, 0.2) is 0 Å². The molecule has 1 aromatic carbocycles. The predicted molar refractivity (Wildman–Crippen MR) is 273 cm³/mol. The molecule has 0 fully saturated rings. The third-order valence-electron chi connectivity index (χ3n) is 12.4. The number of ether oxygens (including phenoxy) is 2. The van der Waals surface area contributed by atoms with E-state index in [1.54, 1.807) is 24.3 Å². The standard InChI is InChI=1S/C40H70O4.C18H34O/c1-3-5-7-9-11-13-15-17-19-21-23-25-27-31-35-43-39(41)37-33-29-30-34-38(37)40(42)44-36-32-28-26-24-22-20-18-16-14-12-10-8-6-4-2;1-2-3-4-5-6-7-8-9-10-11-12-13-14-15-16-17-18-19/h29-30,33-34H,3-28,31-32,35-36H2,1-2H3;9-10,18H,2-8,11-17H2,1H3. The van der Waals surface area contributed by atoms with Crippen LogP contribution in [0.2, 0.25) is 0 Å². The first-order valence-corrected chi connectivity index (χ1v) is 27.6. The first-order valence-electron chi connectivity index (χ1n) is 27.6. The molecule has 0 aromatic heterocycles. The topological polar surface area (TPSA) is 69.7 Å². The molecule has 0 amide bonds. The van der Waals surface area contributed by atoms with Crippen LogP contribution in [0.15, 0.2) is 36.4 Å². The average molecular weight is 881 g/mol. The zero-order valence-corrected chi connectivity index (χ0v) is 42.2. The van der Waals surface area contributed by atoms with E-state index in [4.69, 9.17) is 9.47 Å². The lowest BCUT2D eigenvalue weighted by atomic mass is 10.0. The Morgan fingerprint density at radius 3 is 0.857 bits per heavy atom. The largest absolute Gasteiger partial charge is 0.462 e. The highest BCUT2D eigenvalue weighted by atomic mass is 16.5. The zero-order valence-electron chi connectivity index (χ0n) is 42.2. The van der Waals surface area contributed by atoms with E-state index in [0.29, 0.717) is 24.3 Å². The summed E-state index contributed by atoms with van der Waals surface area (Å²) in [6.45, 7) is 7.62. The molecule has 0 radical (unpaired) electrons. The minimum atomic E-state index is -0.427. The van der Waals surface area contributed by atoms with Gasteiger partial charge in [0.2, 0.25) is 0 Å². The summed E-state index contributed by atoms with van der Waals surface area (Å²) in [6.07, 6.45) is 59.9. The number of rotatable bonds is 47. The van der Waals surface area contributed by atoms with Gasteiger partial charge in [-0.15, -0.1) is 0 Å². The molecule has 0 heterocycles. The van der Waals surface area contributed by atoms with Crippen LogP contribution in [-0.2, 0) is 14.3 Å². The Labute approximate surface area is 391 Å². The number of carbonyl (C=O) groups excluding carboxylic acids is 3. The minimum absolute atomic E-state index is 0.309. The van der Waals surface area contributed by atoms with Gasteiger partial charge in [0, 0.05) is 6.42 Å². The Morgan fingerprint density at radius 2 is 0.587 bits per heavy atom. The summed E-state index contributed by atoms with van der Waals surface area (Å²) in [5.74, 6) is -0.854. The van der Waals surface area contributed by atoms with Crippen LogP contribution in [0.4, 0.5) is 0 Å². The number of allylic oxidation sites excluding steroid dienone is 2. The van der Waals surface area contributed by atoms with Gasteiger partial charge >= 0.3 is 11.9 Å². The van der Waals surface area contributed by atoms with Crippen molar-refractivity contribution in [3.63, 3.8) is 0 Å². The van der Waals surface area contributed by atoms with Gasteiger partial charge in [0.25, 0.3) is 0 Å². The Bertz CT molecular complexity index is 1060. The number of hydrogen-bond acceptors (Lipinski definition) is 5. The van der Waals surface area contributed by atoms with Crippen molar-refractivity contribution < 1.29 is 23.9 Å². The molecule has 0 saturated carbocycles. The molecule has 0 aliphatic carbocycles. The minimum Gasteiger partial charge on any atom is -0.462 e. The van der Waals surface area contributed by atoms with E-state index < -0.39 is 11.9 Å². The summed E-state index contributed by atoms with van der Waals surface area (Å²) in [7, 11) is 0. The summed E-state index contributed by atoms with van der Waals surface area (Å²) in [4.78, 5) is 35.5. The fourth-order valence-electron chi connectivity index (χ4n) is 8.22. The maximum absolute atomic E-state index is 12.7. The SMILES string of the molecule is CCCCCCCCC=CCCCCCCCC=O.CCCCCCCCCCCCCCCCOC(=O)c1ccccc1C(=O)OCCCCCCCCCCCCCCCC. The normalized spacial score (nSPS) is 11.2. The third-order valence-corrected chi connectivity index (χ3v) is 12.4. The first-order chi connectivity index (χ1) is 31.1. The van der Waals surface area contributed by atoms with E-state index in [9.17, 15) is 14.4 Å². The van der Waals surface area contributed by atoms with E-state index >= 15 is 0 Å². The lowest BCUT2D eigenvalue weighted by molar-refractivity contribution is -0.107. The molecule has 0 spiro atoms. The number of esters is 2. The van der Waals surface area contributed by atoms with Gasteiger partial charge in [-0.1, -0.05) is 263 Å². The Morgan fingerprint density at radius 1 is 0.349 bits per heavy atom. The molecule has 0 saturated heterocycles. The number of hydrogen-bond donors (Lipinski definition) is 0. The second-order valence-corrected chi connectivity index (χ2v) is 18.5. The molecular weight excluding hydrogens is 777 g/mol. The number of aldehydes is 1.